The lowest BCUT2D eigenvalue weighted by Gasteiger charge is -2.12. The molecule has 1 unspecified atom stereocenters. The van der Waals surface area contributed by atoms with E-state index in [4.69, 9.17) is 0 Å². The number of nitrogens with zero attached hydrogens (tertiary/aromatic N) is 3. The predicted molar refractivity (Wildman–Crippen MR) is 73.3 cm³/mol. The molecule has 1 aromatic rings. The van der Waals surface area contributed by atoms with Crippen molar-refractivity contribution in [2.24, 2.45) is 18.0 Å². The molecule has 1 atom stereocenters. The number of thioether (sulfide) groups is 1. The Morgan fingerprint density at radius 3 is 2.94 bits per heavy atom. The zero-order valence-corrected chi connectivity index (χ0v) is 11.7. The Hall–Kier alpha value is -0.970. The number of hydrogen-bond donors (Lipinski definition) is 1. The highest BCUT2D eigenvalue weighted by Gasteiger charge is 2.22. The molecule has 1 N–H and O–H groups in total. The van der Waals surface area contributed by atoms with Crippen LogP contribution in [0, 0.1) is 12.8 Å². The summed E-state index contributed by atoms with van der Waals surface area (Å²) in [5.74, 6) is 1.79. The highest BCUT2D eigenvalue weighted by atomic mass is 32.2. The van der Waals surface area contributed by atoms with E-state index >= 15 is 0 Å². The van der Waals surface area contributed by atoms with E-state index in [1.807, 2.05) is 36.6 Å². The van der Waals surface area contributed by atoms with Crippen LogP contribution >= 0.6 is 11.8 Å². The molecule has 94 valence electrons. The number of aryl methyl sites for hydroxylation is 2. The molecule has 1 aromatic heterocycles. The minimum atomic E-state index is 0.564. The maximum absolute atomic E-state index is 4.62. The van der Waals surface area contributed by atoms with Gasteiger partial charge in [-0.2, -0.15) is 5.10 Å². The summed E-state index contributed by atoms with van der Waals surface area (Å²) < 4.78 is 1.84. The molecular formula is C12H20N4S. The van der Waals surface area contributed by atoms with E-state index in [2.05, 4.69) is 29.3 Å². The van der Waals surface area contributed by atoms with Crippen molar-refractivity contribution in [1.82, 2.24) is 15.1 Å². The van der Waals surface area contributed by atoms with Gasteiger partial charge in [-0.25, -0.2) is 0 Å². The number of amidine groups is 1. The summed E-state index contributed by atoms with van der Waals surface area (Å²) in [4.78, 5) is 4.62. The molecule has 17 heavy (non-hydrogen) atoms. The minimum absolute atomic E-state index is 0.564. The normalized spacial score (nSPS) is 22.4. The van der Waals surface area contributed by atoms with Gasteiger partial charge in [-0.05, 0) is 12.8 Å². The molecule has 1 aliphatic heterocycles. The summed E-state index contributed by atoms with van der Waals surface area (Å²) in [6.07, 6.45) is 2.04. The highest BCUT2D eigenvalue weighted by molar-refractivity contribution is 8.14. The first-order chi connectivity index (χ1) is 8.06. The molecule has 2 heterocycles. The molecule has 0 aliphatic carbocycles. The second kappa shape index (κ2) is 5.12. The summed E-state index contributed by atoms with van der Waals surface area (Å²) in [5.41, 5.74) is 2.27. The van der Waals surface area contributed by atoms with Gasteiger partial charge in [0, 0.05) is 30.6 Å². The first-order valence-electron chi connectivity index (χ1n) is 5.99. The van der Waals surface area contributed by atoms with Crippen molar-refractivity contribution in [3.63, 3.8) is 0 Å². The molecule has 0 bridgehead atoms. The maximum atomic E-state index is 4.62. The lowest BCUT2D eigenvalue weighted by atomic mass is 10.1. The summed E-state index contributed by atoms with van der Waals surface area (Å²) in [7, 11) is 1.95. The minimum Gasteiger partial charge on any atom is -0.361 e. The van der Waals surface area contributed by atoms with Crippen LogP contribution in [0.5, 0.6) is 0 Å². The van der Waals surface area contributed by atoms with Crippen LogP contribution in [0.2, 0.25) is 0 Å². The van der Waals surface area contributed by atoms with E-state index < -0.39 is 0 Å². The van der Waals surface area contributed by atoms with Gasteiger partial charge < -0.3 is 5.32 Å². The van der Waals surface area contributed by atoms with E-state index in [9.17, 15) is 0 Å². The van der Waals surface area contributed by atoms with E-state index in [-0.39, 0.29) is 0 Å². The van der Waals surface area contributed by atoms with Crippen molar-refractivity contribution in [3.8, 4) is 0 Å². The second-order valence-corrected chi connectivity index (χ2v) is 5.85. The molecular weight excluding hydrogens is 232 g/mol. The van der Waals surface area contributed by atoms with E-state index in [0.29, 0.717) is 12.0 Å². The van der Waals surface area contributed by atoms with Crippen molar-refractivity contribution in [2.45, 2.75) is 33.4 Å². The molecule has 0 spiro atoms. The Labute approximate surface area is 107 Å². The van der Waals surface area contributed by atoms with Crippen LogP contribution in [0.4, 0.5) is 0 Å². The van der Waals surface area contributed by atoms with Crippen LogP contribution in [0.15, 0.2) is 11.2 Å². The van der Waals surface area contributed by atoms with Gasteiger partial charge in [-0.3, -0.25) is 9.67 Å². The molecule has 0 amide bonds. The van der Waals surface area contributed by atoms with Gasteiger partial charge in [-0.15, -0.1) is 0 Å². The Morgan fingerprint density at radius 1 is 1.65 bits per heavy atom. The summed E-state index contributed by atoms with van der Waals surface area (Å²) in [6.45, 7) is 7.24. The van der Waals surface area contributed by atoms with Crippen molar-refractivity contribution < 1.29 is 0 Å². The van der Waals surface area contributed by atoms with Gasteiger partial charge in [0.15, 0.2) is 5.17 Å². The maximum Gasteiger partial charge on any atom is 0.157 e. The van der Waals surface area contributed by atoms with Crippen LogP contribution in [0.1, 0.15) is 25.1 Å². The van der Waals surface area contributed by atoms with E-state index in [1.165, 1.54) is 5.56 Å². The van der Waals surface area contributed by atoms with E-state index in [0.717, 1.165) is 23.2 Å². The number of rotatable bonds is 3. The first kappa shape index (κ1) is 12.5. The number of nitrogens with one attached hydrogen (secondary N) is 1. The Bertz CT molecular complexity index is 422. The summed E-state index contributed by atoms with van der Waals surface area (Å²) in [5, 5.41) is 8.87. The fourth-order valence-corrected chi connectivity index (χ4v) is 3.02. The largest absolute Gasteiger partial charge is 0.361 e. The molecule has 1 fully saturated rings. The SMILES string of the molecule is Cc1nn(C)cc1CN=C1NC(C(C)C)CS1. The van der Waals surface area contributed by atoms with Gasteiger partial charge in [0.05, 0.1) is 12.2 Å². The van der Waals surface area contributed by atoms with Crippen LogP contribution < -0.4 is 5.32 Å². The molecule has 5 heteroatoms. The van der Waals surface area contributed by atoms with Gasteiger partial charge in [0.25, 0.3) is 0 Å². The van der Waals surface area contributed by atoms with Crippen molar-refractivity contribution >= 4 is 16.9 Å². The van der Waals surface area contributed by atoms with Crippen LogP contribution in [-0.4, -0.2) is 26.7 Å². The van der Waals surface area contributed by atoms with Gasteiger partial charge >= 0.3 is 0 Å². The average molecular weight is 252 g/mol. The van der Waals surface area contributed by atoms with Crippen molar-refractivity contribution in [2.75, 3.05) is 5.75 Å². The zero-order chi connectivity index (χ0) is 12.4. The van der Waals surface area contributed by atoms with Gasteiger partial charge in [0.2, 0.25) is 0 Å². The van der Waals surface area contributed by atoms with Crippen molar-refractivity contribution in [3.05, 3.63) is 17.5 Å². The summed E-state index contributed by atoms with van der Waals surface area (Å²) >= 11 is 1.82. The predicted octanol–water partition coefficient (Wildman–Crippen LogP) is 1.95. The summed E-state index contributed by atoms with van der Waals surface area (Å²) in [6, 6.07) is 0.564. The smallest absolute Gasteiger partial charge is 0.157 e. The number of hydrogen-bond acceptors (Lipinski definition) is 3. The molecule has 4 nitrogen and oxygen atoms in total. The molecule has 0 saturated carbocycles. The van der Waals surface area contributed by atoms with Gasteiger partial charge in [-0.1, -0.05) is 25.6 Å². The number of aromatic nitrogens is 2. The van der Waals surface area contributed by atoms with Gasteiger partial charge in [0.1, 0.15) is 0 Å². The monoisotopic (exact) mass is 252 g/mol. The first-order valence-corrected chi connectivity index (χ1v) is 6.97. The second-order valence-electron chi connectivity index (χ2n) is 4.84. The topological polar surface area (TPSA) is 42.2 Å². The van der Waals surface area contributed by atoms with Crippen LogP contribution in [0.25, 0.3) is 0 Å². The Morgan fingerprint density at radius 2 is 2.41 bits per heavy atom. The third-order valence-electron chi connectivity index (χ3n) is 3.02. The quantitative estimate of drug-likeness (QED) is 0.894. The standard InChI is InChI=1S/C12H20N4S/c1-8(2)11-7-17-12(14-11)13-5-10-6-16(4)15-9(10)3/h6,8,11H,5,7H2,1-4H3,(H,13,14). The fraction of sp³-hybridized carbons (Fsp3) is 0.667. The molecule has 1 aliphatic rings. The average Bonchev–Trinajstić information content (AvgIpc) is 2.82. The van der Waals surface area contributed by atoms with E-state index in [1.54, 1.807) is 0 Å². The molecule has 0 aromatic carbocycles. The fourth-order valence-electron chi connectivity index (χ4n) is 1.82. The third kappa shape index (κ3) is 3.03. The van der Waals surface area contributed by atoms with Crippen molar-refractivity contribution in [1.29, 1.82) is 0 Å². The molecule has 0 radical (unpaired) electrons. The Balaban J connectivity index is 1.96. The molecule has 1 saturated heterocycles. The third-order valence-corrected chi connectivity index (χ3v) is 4.07. The lowest BCUT2D eigenvalue weighted by Crippen LogP contribution is -2.31. The lowest BCUT2D eigenvalue weighted by molar-refractivity contribution is 0.503. The van der Waals surface area contributed by atoms with Crippen LogP contribution in [0.3, 0.4) is 0 Å². The Kier molecular flexibility index (Phi) is 3.76. The highest BCUT2D eigenvalue weighted by Crippen LogP contribution is 2.19. The molecule has 2 rings (SSSR count). The van der Waals surface area contributed by atoms with Crippen LogP contribution in [-0.2, 0) is 13.6 Å². The zero-order valence-electron chi connectivity index (χ0n) is 10.9. The number of aliphatic imine (C=N–C) groups is 1.